The third-order valence-corrected chi connectivity index (χ3v) is 3.07. The molecule has 0 bridgehead atoms. The van der Waals surface area contributed by atoms with E-state index in [1.807, 2.05) is 0 Å². The first-order chi connectivity index (χ1) is 9.43. The maximum Gasteiger partial charge on any atom is 0.263 e. The third kappa shape index (κ3) is 5.63. The topological polar surface area (TPSA) is 29.5 Å². The van der Waals surface area contributed by atoms with Crippen molar-refractivity contribution in [2.45, 2.75) is 19.5 Å². The molecule has 20 heavy (non-hydrogen) atoms. The van der Waals surface area contributed by atoms with Crippen molar-refractivity contribution < 1.29 is 18.3 Å². The van der Waals surface area contributed by atoms with Crippen molar-refractivity contribution in [3.05, 3.63) is 29.3 Å². The molecule has 0 fully saturated rings. The number of carbonyl (C=O) groups is 1. The number of amides is 1. The Morgan fingerprint density at radius 1 is 1.50 bits per heavy atom. The predicted molar refractivity (Wildman–Crippen MR) is 77.9 cm³/mol. The number of rotatable bonds is 7. The van der Waals surface area contributed by atoms with Crippen LogP contribution in [0, 0.1) is 0 Å². The number of benzene rings is 1. The van der Waals surface area contributed by atoms with Crippen LogP contribution in [0.1, 0.15) is 6.92 Å². The third-order valence-electron chi connectivity index (χ3n) is 2.48. The molecule has 1 rings (SSSR count). The molecule has 3 nitrogen and oxygen atoms in total. The fourth-order valence-electron chi connectivity index (χ4n) is 1.61. The van der Waals surface area contributed by atoms with Crippen molar-refractivity contribution in [2.24, 2.45) is 0 Å². The second-order valence-electron chi connectivity index (χ2n) is 4.08. The van der Waals surface area contributed by atoms with Gasteiger partial charge in [0.05, 0.1) is 6.54 Å². The zero-order chi connectivity index (χ0) is 15.1. The molecule has 1 aromatic rings. The number of ether oxygens (including phenoxy) is 1. The summed E-state index contributed by atoms with van der Waals surface area (Å²) in [6.07, 6.45) is -3.43. The van der Waals surface area contributed by atoms with Crippen LogP contribution in [0.5, 0.6) is 5.75 Å². The molecule has 0 aliphatic rings. The molecule has 0 aliphatic carbocycles. The fraction of sp³-hybridized carbons (Fsp3) is 0.462. The summed E-state index contributed by atoms with van der Waals surface area (Å²) in [4.78, 5) is 13.1. The highest BCUT2D eigenvalue weighted by molar-refractivity contribution is 9.09. The second-order valence-corrected chi connectivity index (χ2v) is 5.31. The lowest BCUT2D eigenvalue weighted by Crippen LogP contribution is -2.43. The average molecular weight is 371 g/mol. The van der Waals surface area contributed by atoms with Gasteiger partial charge >= 0.3 is 0 Å². The standard InChI is InChI=1S/C13H15BrClF2NO2/c1-9(20-11-4-2-3-10(15)7-11)13(19)18(6-5-14)8-12(16)17/h2-4,7,9,12H,5-6,8H2,1H3. The Hall–Kier alpha value is -0.880. The first-order valence-corrected chi connectivity index (χ1v) is 7.49. The molecular formula is C13H15BrClF2NO2. The molecule has 0 saturated carbocycles. The van der Waals surface area contributed by atoms with Gasteiger partial charge in [0.1, 0.15) is 5.75 Å². The molecule has 0 N–H and O–H groups in total. The van der Waals surface area contributed by atoms with E-state index < -0.39 is 25.0 Å². The van der Waals surface area contributed by atoms with E-state index in [0.717, 1.165) is 4.90 Å². The van der Waals surface area contributed by atoms with Crippen LogP contribution in [0.15, 0.2) is 24.3 Å². The van der Waals surface area contributed by atoms with Crippen molar-refractivity contribution in [3.8, 4) is 5.75 Å². The lowest BCUT2D eigenvalue weighted by atomic mass is 10.3. The summed E-state index contributed by atoms with van der Waals surface area (Å²) in [5, 5.41) is 0.905. The van der Waals surface area contributed by atoms with Gasteiger partial charge in [-0.15, -0.1) is 0 Å². The van der Waals surface area contributed by atoms with Gasteiger partial charge < -0.3 is 9.64 Å². The first kappa shape index (κ1) is 17.2. The zero-order valence-corrected chi connectivity index (χ0v) is 13.2. The van der Waals surface area contributed by atoms with Crippen molar-refractivity contribution in [2.75, 3.05) is 18.4 Å². The van der Waals surface area contributed by atoms with Crippen LogP contribution < -0.4 is 4.74 Å². The van der Waals surface area contributed by atoms with E-state index in [9.17, 15) is 13.6 Å². The van der Waals surface area contributed by atoms with Gasteiger partial charge in [-0.3, -0.25) is 4.79 Å². The predicted octanol–water partition coefficient (Wildman–Crippen LogP) is 3.60. The molecule has 7 heteroatoms. The molecule has 0 heterocycles. The van der Waals surface area contributed by atoms with E-state index >= 15 is 0 Å². The summed E-state index contributed by atoms with van der Waals surface area (Å²) >= 11 is 8.94. The smallest absolute Gasteiger partial charge is 0.263 e. The average Bonchev–Trinajstić information content (AvgIpc) is 2.36. The molecular weight excluding hydrogens is 356 g/mol. The van der Waals surface area contributed by atoms with Crippen LogP contribution in [0.2, 0.25) is 5.02 Å². The summed E-state index contributed by atoms with van der Waals surface area (Å²) in [6.45, 7) is 1.12. The van der Waals surface area contributed by atoms with Crippen LogP contribution in [0.4, 0.5) is 8.78 Å². The maximum absolute atomic E-state index is 12.4. The van der Waals surface area contributed by atoms with Crippen LogP contribution in [0.25, 0.3) is 0 Å². The molecule has 1 amide bonds. The van der Waals surface area contributed by atoms with E-state index in [1.54, 1.807) is 24.3 Å². The minimum atomic E-state index is -2.57. The molecule has 1 aromatic carbocycles. The van der Waals surface area contributed by atoms with Crippen LogP contribution in [-0.2, 0) is 4.79 Å². The van der Waals surface area contributed by atoms with E-state index in [4.69, 9.17) is 16.3 Å². The highest BCUT2D eigenvalue weighted by Crippen LogP contribution is 2.19. The highest BCUT2D eigenvalue weighted by atomic mass is 79.9. The molecule has 1 unspecified atom stereocenters. The van der Waals surface area contributed by atoms with Gasteiger partial charge in [0, 0.05) is 16.9 Å². The van der Waals surface area contributed by atoms with E-state index in [0.29, 0.717) is 16.1 Å². The summed E-state index contributed by atoms with van der Waals surface area (Å²) < 4.78 is 30.3. The van der Waals surface area contributed by atoms with E-state index in [1.165, 1.54) is 6.92 Å². The fourth-order valence-corrected chi connectivity index (χ4v) is 2.22. The van der Waals surface area contributed by atoms with Crippen LogP contribution in [-0.4, -0.2) is 41.8 Å². The molecule has 0 spiro atoms. The van der Waals surface area contributed by atoms with Crippen molar-refractivity contribution in [1.29, 1.82) is 0 Å². The van der Waals surface area contributed by atoms with Crippen LogP contribution >= 0.6 is 27.5 Å². The number of carbonyl (C=O) groups excluding carboxylic acids is 1. The Balaban J connectivity index is 2.68. The summed E-state index contributed by atoms with van der Waals surface area (Å²) in [7, 11) is 0. The van der Waals surface area contributed by atoms with Gasteiger partial charge in [0.15, 0.2) is 6.10 Å². The van der Waals surface area contributed by atoms with Crippen LogP contribution in [0.3, 0.4) is 0 Å². The summed E-state index contributed by atoms with van der Waals surface area (Å²) in [5.74, 6) is -0.0566. The molecule has 0 aromatic heterocycles. The lowest BCUT2D eigenvalue weighted by molar-refractivity contribution is -0.139. The molecule has 0 radical (unpaired) electrons. The number of nitrogens with zero attached hydrogens (tertiary/aromatic N) is 1. The Morgan fingerprint density at radius 3 is 2.75 bits per heavy atom. The van der Waals surface area contributed by atoms with Gasteiger partial charge in [0.25, 0.3) is 12.3 Å². The van der Waals surface area contributed by atoms with Gasteiger partial charge in [-0.05, 0) is 25.1 Å². The minimum absolute atomic E-state index is 0.201. The Morgan fingerprint density at radius 2 is 2.20 bits per heavy atom. The summed E-state index contributed by atoms with van der Waals surface area (Å²) in [6, 6.07) is 6.57. The molecule has 0 saturated heterocycles. The maximum atomic E-state index is 12.4. The van der Waals surface area contributed by atoms with Gasteiger partial charge in [-0.25, -0.2) is 8.78 Å². The molecule has 112 valence electrons. The Labute approximate surface area is 130 Å². The number of alkyl halides is 3. The second kappa shape index (κ2) is 8.42. The van der Waals surface area contributed by atoms with Crippen molar-refractivity contribution in [3.63, 3.8) is 0 Å². The number of hydrogen-bond acceptors (Lipinski definition) is 2. The first-order valence-electron chi connectivity index (χ1n) is 5.99. The van der Waals surface area contributed by atoms with Crippen molar-refractivity contribution >= 4 is 33.4 Å². The van der Waals surface area contributed by atoms with Crippen molar-refractivity contribution in [1.82, 2.24) is 4.90 Å². The molecule has 1 atom stereocenters. The zero-order valence-electron chi connectivity index (χ0n) is 10.9. The van der Waals surface area contributed by atoms with Gasteiger partial charge in [-0.1, -0.05) is 33.6 Å². The van der Waals surface area contributed by atoms with Gasteiger partial charge in [-0.2, -0.15) is 0 Å². The number of hydrogen-bond donors (Lipinski definition) is 0. The summed E-state index contributed by atoms with van der Waals surface area (Å²) in [5.41, 5.74) is 0. The Bertz CT molecular complexity index is 448. The normalized spacial score (nSPS) is 12.3. The SMILES string of the molecule is CC(Oc1cccc(Cl)c1)C(=O)N(CCBr)CC(F)F. The Kier molecular flexibility index (Phi) is 7.23. The largest absolute Gasteiger partial charge is 0.481 e. The van der Waals surface area contributed by atoms with E-state index in [-0.39, 0.29) is 6.54 Å². The highest BCUT2D eigenvalue weighted by Gasteiger charge is 2.24. The van der Waals surface area contributed by atoms with Gasteiger partial charge in [0.2, 0.25) is 0 Å². The number of halogens is 4. The lowest BCUT2D eigenvalue weighted by Gasteiger charge is -2.25. The molecule has 0 aliphatic heterocycles. The van der Waals surface area contributed by atoms with E-state index in [2.05, 4.69) is 15.9 Å². The quantitative estimate of drug-likeness (QED) is 0.687. The minimum Gasteiger partial charge on any atom is -0.481 e. The monoisotopic (exact) mass is 369 g/mol.